The fourth-order valence-electron chi connectivity index (χ4n) is 3.15. The van der Waals surface area contributed by atoms with Crippen molar-refractivity contribution in [2.75, 3.05) is 23.3 Å². The van der Waals surface area contributed by atoms with E-state index in [2.05, 4.69) is 30.3 Å². The van der Waals surface area contributed by atoms with E-state index in [-0.39, 0.29) is 16.8 Å². The number of aromatic nitrogens is 5. The highest BCUT2D eigenvalue weighted by Gasteiger charge is 2.26. The molecule has 0 bridgehead atoms. The maximum absolute atomic E-state index is 13.2. The monoisotopic (exact) mass is 401 g/mol. The number of hydrogen-bond donors (Lipinski definition) is 1. The molecule has 1 saturated heterocycles. The molecule has 3 aromatic rings. The van der Waals surface area contributed by atoms with Gasteiger partial charge in [-0.25, -0.2) is 24.0 Å². The molecule has 0 unspecified atom stereocenters. The Labute approximate surface area is 165 Å². The van der Waals surface area contributed by atoms with E-state index in [1.165, 1.54) is 30.9 Å². The molecule has 10 heteroatoms. The van der Waals surface area contributed by atoms with Crippen LogP contribution in [-0.2, 0) is 4.79 Å². The number of piperidine rings is 1. The van der Waals surface area contributed by atoms with E-state index in [4.69, 9.17) is 11.6 Å². The highest BCUT2D eigenvalue weighted by atomic mass is 35.5. The third kappa shape index (κ3) is 3.94. The van der Waals surface area contributed by atoms with Gasteiger partial charge in [-0.15, -0.1) is 0 Å². The highest BCUT2D eigenvalue weighted by Crippen LogP contribution is 2.25. The molecule has 1 amide bonds. The summed E-state index contributed by atoms with van der Waals surface area (Å²) in [6.07, 6.45) is 5.88. The third-order valence-corrected chi connectivity index (χ3v) is 4.96. The maximum atomic E-state index is 13.2. The van der Waals surface area contributed by atoms with Crippen LogP contribution in [-0.4, -0.2) is 43.7 Å². The standard InChI is InChI=1S/C18H17ClFN7O/c19-14-7-13(1-2-15(14)20)25-18(28)12-3-5-26(6-4-12)16-8-17(23-10-22-16)27-11-21-9-24-27/h1-2,7-12H,3-6H2,(H,25,28). The Morgan fingerprint density at radius 2 is 1.93 bits per heavy atom. The van der Waals surface area contributed by atoms with E-state index >= 15 is 0 Å². The van der Waals surface area contributed by atoms with Gasteiger partial charge in [-0.05, 0) is 31.0 Å². The zero-order chi connectivity index (χ0) is 19.5. The minimum absolute atomic E-state index is 0.0143. The van der Waals surface area contributed by atoms with Crippen molar-refractivity contribution >= 4 is 29.0 Å². The van der Waals surface area contributed by atoms with E-state index in [1.807, 2.05) is 6.07 Å². The van der Waals surface area contributed by atoms with E-state index in [0.717, 1.165) is 5.82 Å². The fraction of sp³-hybridized carbons (Fsp3) is 0.278. The molecule has 4 rings (SSSR count). The number of rotatable bonds is 4. The first kappa shape index (κ1) is 18.3. The average Bonchev–Trinajstić information content (AvgIpc) is 3.26. The van der Waals surface area contributed by atoms with Crippen LogP contribution in [0.1, 0.15) is 12.8 Å². The molecule has 1 N–H and O–H groups in total. The zero-order valence-electron chi connectivity index (χ0n) is 14.8. The smallest absolute Gasteiger partial charge is 0.227 e. The van der Waals surface area contributed by atoms with Crippen LogP contribution in [0.15, 0.2) is 43.2 Å². The molecule has 1 fully saturated rings. The Kier molecular flexibility index (Phi) is 5.16. The van der Waals surface area contributed by atoms with Gasteiger partial charge in [-0.2, -0.15) is 5.10 Å². The van der Waals surface area contributed by atoms with Crippen LogP contribution in [0.25, 0.3) is 5.82 Å². The maximum Gasteiger partial charge on any atom is 0.227 e. The molecular formula is C18H17ClFN7O. The van der Waals surface area contributed by atoms with E-state index < -0.39 is 5.82 Å². The second-order valence-corrected chi connectivity index (χ2v) is 6.86. The Hall–Kier alpha value is -3.07. The van der Waals surface area contributed by atoms with Crippen molar-refractivity contribution < 1.29 is 9.18 Å². The summed E-state index contributed by atoms with van der Waals surface area (Å²) < 4.78 is 14.8. The average molecular weight is 402 g/mol. The third-order valence-electron chi connectivity index (χ3n) is 4.67. The van der Waals surface area contributed by atoms with Crippen molar-refractivity contribution in [3.05, 3.63) is 54.1 Å². The van der Waals surface area contributed by atoms with Crippen LogP contribution in [0.5, 0.6) is 0 Å². The van der Waals surface area contributed by atoms with Gasteiger partial charge in [-0.1, -0.05) is 11.6 Å². The molecular weight excluding hydrogens is 385 g/mol. The van der Waals surface area contributed by atoms with Crippen LogP contribution in [0.2, 0.25) is 5.02 Å². The second-order valence-electron chi connectivity index (χ2n) is 6.45. The van der Waals surface area contributed by atoms with Gasteiger partial charge >= 0.3 is 0 Å². The number of anilines is 2. The normalized spacial score (nSPS) is 14.9. The lowest BCUT2D eigenvalue weighted by molar-refractivity contribution is -0.120. The van der Waals surface area contributed by atoms with Gasteiger partial charge in [0, 0.05) is 30.8 Å². The van der Waals surface area contributed by atoms with Gasteiger partial charge in [-0.3, -0.25) is 4.79 Å². The lowest BCUT2D eigenvalue weighted by atomic mass is 9.96. The van der Waals surface area contributed by atoms with Gasteiger partial charge in [0.1, 0.15) is 30.6 Å². The number of benzene rings is 1. The van der Waals surface area contributed by atoms with Crippen LogP contribution < -0.4 is 10.2 Å². The quantitative estimate of drug-likeness (QED) is 0.723. The summed E-state index contributed by atoms with van der Waals surface area (Å²) >= 11 is 5.76. The summed E-state index contributed by atoms with van der Waals surface area (Å²) in [6.45, 7) is 1.38. The number of hydrogen-bond acceptors (Lipinski definition) is 6. The van der Waals surface area contributed by atoms with E-state index in [9.17, 15) is 9.18 Å². The van der Waals surface area contributed by atoms with Crippen molar-refractivity contribution in [3.8, 4) is 5.82 Å². The van der Waals surface area contributed by atoms with E-state index in [0.29, 0.717) is 37.4 Å². The minimum Gasteiger partial charge on any atom is -0.356 e. The minimum atomic E-state index is -0.511. The molecule has 1 aliphatic heterocycles. The largest absolute Gasteiger partial charge is 0.356 e. The van der Waals surface area contributed by atoms with Gasteiger partial charge < -0.3 is 10.2 Å². The summed E-state index contributed by atoms with van der Waals surface area (Å²) in [7, 11) is 0. The van der Waals surface area contributed by atoms with E-state index in [1.54, 1.807) is 11.0 Å². The van der Waals surface area contributed by atoms with Crippen molar-refractivity contribution in [1.82, 2.24) is 24.7 Å². The Bertz CT molecular complexity index is 974. The predicted molar refractivity (Wildman–Crippen MR) is 102 cm³/mol. The van der Waals surface area contributed by atoms with Crippen molar-refractivity contribution in [2.24, 2.45) is 5.92 Å². The topological polar surface area (TPSA) is 88.8 Å². The molecule has 28 heavy (non-hydrogen) atoms. The highest BCUT2D eigenvalue weighted by molar-refractivity contribution is 6.31. The van der Waals surface area contributed by atoms with Crippen molar-refractivity contribution in [1.29, 1.82) is 0 Å². The fourth-order valence-corrected chi connectivity index (χ4v) is 3.33. The lowest BCUT2D eigenvalue weighted by Crippen LogP contribution is -2.38. The number of halogens is 2. The number of nitrogens with zero attached hydrogens (tertiary/aromatic N) is 6. The Morgan fingerprint density at radius 1 is 1.14 bits per heavy atom. The van der Waals surface area contributed by atoms with Crippen LogP contribution in [0.4, 0.5) is 15.9 Å². The summed E-state index contributed by atoms with van der Waals surface area (Å²) in [6, 6.07) is 6.00. The van der Waals surface area contributed by atoms with Crippen LogP contribution in [0.3, 0.4) is 0 Å². The summed E-state index contributed by atoms with van der Waals surface area (Å²) in [4.78, 5) is 27.1. The van der Waals surface area contributed by atoms with Crippen LogP contribution >= 0.6 is 11.6 Å². The summed E-state index contributed by atoms with van der Waals surface area (Å²) in [5, 5.41) is 6.87. The summed E-state index contributed by atoms with van der Waals surface area (Å²) in [5.41, 5.74) is 0.493. The summed E-state index contributed by atoms with van der Waals surface area (Å²) in [5.74, 6) is 0.688. The molecule has 0 aliphatic carbocycles. The molecule has 8 nitrogen and oxygen atoms in total. The lowest BCUT2D eigenvalue weighted by Gasteiger charge is -2.32. The molecule has 1 aliphatic rings. The van der Waals surface area contributed by atoms with Crippen LogP contribution in [0, 0.1) is 11.7 Å². The molecule has 0 atom stereocenters. The first-order valence-electron chi connectivity index (χ1n) is 8.78. The molecule has 144 valence electrons. The second kappa shape index (κ2) is 7.89. The SMILES string of the molecule is O=C(Nc1ccc(F)c(Cl)c1)C1CCN(c2cc(-n3cncn3)ncn2)CC1. The first-order valence-corrected chi connectivity index (χ1v) is 9.16. The van der Waals surface area contributed by atoms with Gasteiger partial charge in [0.25, 0.3) is 0 Å². The first-order chi connectivity index (χ1) is 13.6. The Morgan fingerprint density at radius 3 is 2.64 bits per heavy atom. The molecule has 0 radical (unpaired) electrons. The number of carbonyl (C=O) groups excluding carboxylic acids is 1. The Balaban J connectivity index is 1.37. The van der Waals surface area contributed by atoms with Crippen molar-refractivity contribution in [2.45, 2.75) is 12.8 Å². The van der Waals surface area contributed by atoms with Gasteiger partial charge in [0.15, 0.2) is 5.82 Å². The molecule has 0 spiro atoms. The number of nitrogens with one attached hydrogen (secondary N) is 1. The zero-order valence-corrected chi connectivity index (χ0v) is 15.6. The predicted octanol–water partition coefficient (Wildman–Crippen LogP) is 2.70. The number of carbonyl (C=O) groups is 1. The van der Waals surface area contributed by atoms with Crippen molar-refractivity contribution in [3.63, 3.8) is 0 Å². The van der Waals surface area contributed by atoms with Gasteiger partial charge in [0.2, 0.25) is 5.91 Å². The number of amides is 1. The molecule has 1 aromatic carbocycles. The molecule has 0 saturated carbocycles. The van der Waals surface area contributed by atoms with Gasteiger partial charge in [0.05, 0.1) is 5.02 Å². The molecule has 2 aromatic heterocycles. The molecule has 3 heterocycles.